The summed E-state index contributed by atoms with van der Waals surface area (Å²) in [4.78, 5) is 21.2. The van der Waals surface area contributed by atoms with E-state index >= 15 is 0 Å². The van der Waals surface area contributed by atoms with Crippen molar-refractivity contribution in [3.8, 4) is 0 Å². The minimum atomic E-state index is -3.68. The van der Waals surface area contributed by atoms with E-state index in [4.69, 9.17) is 19.7 Å². The molecule has 0 radical (unpaired) electrons. The van der Waals surface area contributed by atoms with Gasteiger partial charge in [-0.05, 0) is 0 Å². The maximum Gasteiger partial charge on any atom is 0.325 e. The molecule has 0 aliphatic carbocycles. The number of fused-ring (bicyclic) bond motifs is 1. The Morgan fingerprint density at radius 2 is 2.29 bits per heavy atom. The summed E-state index contributed by atoms with van der Waals surface area (Å²) in [5, 5.41) is 10.9. The molecule has 0 amide bonds. The molecule has 2 aromatic heterocycles. The van der Waals surface area contributed by atoms with E-state index in [1.807, 2.05) is 0 Å². The number of anilines is 1. The monoisotopic (exact) mass is 359 g/mol. The largest absolute Gasteiger partial charge is 0.382 e. The highest BCUT2D eigenvalue weighted by Crippen LogP contribution is 2.41. The van der Waals surface area contributed by atoms with Crippen LogP contribution in [0.4, 0.5) is 5.82 Å². The van der Waals surface area contributed by atoms with Gasteiger partial charge >= 0.3 is 7.60 Å². The van der Waals surface area contributed by atoms with E-state index < -0.39 is 25.7 Å². The predicted octanol–water partition coefficient (Wildman–Crippen LogP) is -0.353. The van der Waals surface area contributed by atoms with Crippen molar-refractivity contribution >= 4 is 24.6 Å². The fourth-order valence-corrected chi connectivity index (χ4v) is 3.04. The van der Waals surface area contributed by atoms with E-state index in [0.717, 1.165) is 6.66 Å². The maximum atomic E-state index is 11.3. The van der Waals surface area contributed by atoms with Gasteiger partial charge in [0.05, 0.1) is 19.1 Å². The number of nitrogens with two attached hydrogens (primary N) is 1. The summed E-state index contributed by atoms with van der Waals surface area (Å²) in [7, 11) is -2.23. The minimum absolute atomic E-state index is 0.0480. The molecule has 0 spiro atoms. The Balaban J connectivity index is 1.89. The average molecular weight is 359 g/mol. The quantitative estimate of drug-likeness (QED) is 0.603. The van der Waals surface area contributed by atoms with Crippen molar-refractivity contribution < 1.29 is 28.6 Å². The Bertz CT molecular complexity index is 793. The van der Waals surface area contributed by atoms with Crippen molar-refractivity contribution in [2.75, 3.05) is 26.1 Å². The minimum Gasteiger partial charge on any atom is -0.382 e. The van der Waals surface area contributed by atoms with Crippen molar-refractivity contribution in [3.05, 3.63) is 12.7 Å². The fourth-order valence-electron chi connectivity index (χ4n) is 2.61. The zero-order valence-electron chi connectivity index (χ0n) is 13.1. The molecule has 0 aromatic carbocycles. The van der Waals surface area contributed by atoms with Crippen LogP contribution in [-0.2, 0) is 24.5 Å². The molecule has 4 atom stereocenters. The van der Waals surface area contributed by atoms with E-state index in [9.17, 15) is 14.6 Å². The molecule has 3 heterocycles. The third kappa shape index (κ3) is 3.14. The fraction of sp³-hybridized carbons (Fsp3) is 0.583. The van der Waals surface area contributed by atoms with Gasteiger partial charge < -0.3 is 29.7 Å². The van der Waals surface area contributed by atoms with E-state index in [1.165, 1.54) is 24.3 Å². The van der Waals surface area contributed by atoms with Crippen molar-refractivity contribution in [2.45, 2.75) is 24.5 Å². The zero-order chi connectivity index (χ0) is 17.5. The lowest BCUT2D eigenvalue weighted by molar-refractivity contribution is -0.253. The summed E-state index contributed by atoms with van der Waals surface area (Å²) in [6, 6.07) is 0. The molecule has 0 saturated carbocycles. The molecule has 3 rings (SSSR count). The van der Waals surface area contributed by atoms with Gasteiger partial charge in [0.1, 0.15) is 24.3 Å². The Kier molecular flexibility index (Phi) is 4.32. The molecular formula is C12H18N5O6P. The number of hydrogen-bond donors (Lipinski definition) is 3. The van der Waals surface area contributed by atoms with Crippen molar-refractivity contribution in [3.63, 3.8) is 0 Å². The van der Waals surface area contributed by atoms with E-state index in [1.54, 1.807) is 0 Å². The first-order valence-electron chi connectivity index (χ1n) is 7.05. The Hall–Kier alpha value is -1.62. The lowest BCUT2D eigenvalue weighted by Crippen LogP contribution is -2.34. The number of aromatic nitrogens is 4. The van der Waals surface area contributed by atoms with Gasteiger partial charge in [0.2, 0.25) is 0 Å². The summed E-state index contributed by atoms with van der Waals surface area (Å²) < 4.78 is 28.4. The first-order chi connectivity index (χ1) is 11.2. The Morgan fingerprint density at radius 3 is 2.96 bits per heavy atom. The molecule has 1 saturated heterocycles. The van der Waals surface area contributed by atoms with Gasteiger partial charge in [-0.25, -0.2) is 15.0 Å². The highest BCUT2D eigenvalue weighted by Gasteiger charge is 2.48. The standard InChI is InChI=1S/C12H18N5O6P/c1-21-7-3-12(18,23-8(7)4-22-24(2,19)20)17-6-16-9-10(13)14-5-15-11(9)17/h5-8,18H,3-4H2,1-2H3,(H,19,20)(H2,13,14,15)/t7?,8-,12+/m1/s1. The SMILES string of the molecule is COC1C[C@@](O)(n2cnc3c(N)ncnc32)O[C@@H]1COP(C)(=O)O. The lowest BCUT2D eigenvalue weighted by atomic mass is 10.1. The highest BCUT2D eigenvalue weighted by molar-refractivity contribution is 7.51. The van der Waals surface area contributed by atoms with Gasteiger partial charge in [-0.2, -0.15) is 0 Å². The zero-order valence-corrected chi connectivity index (χ0v) is 14.0. The summed E-state index contributed by atoms with van der Waals surface area (Å²) in [6.45, 7) is 0.855. The summed E-state index contributed by atoms with van der Waals surface area (Å²) >= 11 is 0. The van der Waals surface area contributed by atoms with Gasteiger partial charge in [-0.1, -0.05) is 0 Å². The van der Waals surface area contributed by atoms with E-state index in [0.29, 0.717) is 11.2 Å². The predicted molar refractivity (Wildman–Crippen MR) is 81.9 cm³/mol. The van der Waals surface area contributed by atoms with Crippen LogP contribution in [0.3, 0.4) is 0 Å². The molecule has 2 aromatic rings. The second-order valence-corrected chi connectivity index (χ2v) is 7.39. The molecule has 24 heavy (non-hydrogen) atoms. The third-order valence-corrected chi connectivity index (χ3v) is 4.37. The van der Waals surface area contributed by atoms with Crippen molar-refractivity contribution in [2.24, 2.45) is 0 Å². The van der Waals surface area contributed by atoms with E-state index in [2.05, 4.69) is 15.0 Å². The molecule has 1 fully saturated rings. The first kappa shape index (κ1) is 17.2. The Morgan fingerprint density at radius 1 is 1.54 bits per heavy atom. The van der Waals surface area contributed by atoms with Crippen molar-refractivity contribution in [1.29, 1.82) is 0 Å². The van der Waals surface area contributed by atoms with Crippen molar-refractivity contribution in [1.82, 2.24) is 19.5 Å². The van der Waals surface area contributed by atoms with Gasteiger partial charge in [0.25, 0.3) is 5.91 Å². The number of hydrogen-bond acceptors (Lipinski definition) is 9. The Labute approximate surface area is 136 Å². The number of rotatable bonds is 5. The van der Waals surface area contributed by atoms with Crippen LogP contribution in [0.25, 0.3) is 11.2 Å². The molecule has 12 heteroatoms. The molecule has 11 nitrogen and oxygen atoms in total. The number of methoxy groups -OCH3 is 1. The van der Waals surface area contributed by atoms with Crippen LogP contribution in [0.1, 0.15) is 6.42 Å². The number of ether oxygens (including phenoxy) is 2. The third-order valence-electron chi connectivity index (χ3n) is 3.74. The molecule has 132 valence electrons. The van der Waals surface area contributed by atoms with Gasteiger partial charge in [0.15, 0.2) is 11.5 Å². The molecular weight excluding hydrogens is 341 g/mol. The number of nitrogen functional groups attached to an aromatic ring is 1. The molecule has 0 bridgehead atoms. The molecule has 1 aliphatic heterocycles. The van der Waals surface area contributed by atoms with Crippen LogP contribution in [0.2, 0.25) is 0 Å². The van der Waals surface area contributed by atoms with E-state index in [-0.39, 0.29) is 18.8 Å². The van der Waals surface area contributed by atoms with Gasteiger partial charge in [-0.15, -0.1) is 0 Å². The van der Waals surface area contributed by atoms with Crippen LogP contribution in [-0.4, -0.2) is 62.1 Å². The summed E-state index contributed by atoms with van der Waals surface area (Å²) in [5.74, 6) is -1.63. The number of nitrogens with zero attached hydrogens (tertiary/aromatic N) is 4. The normalized spacial score (nSPS) is 29.8. The second-order valence-electron chi connectivity index (χ2n) is 5.52. The smallest absolute Gasteiger partial charge is 0.325 e. The van der Waals surface area contributed by atoms with Crippen LogP contribution in [0, 0.1) is 0 Å². The highest BCUT2D eigenvalue weighted by atomic mass is 31.2. The topological polar surface area (TPSA) is 155 Å². The maximum absolute atomic E-state index is 11.3. The van der Waals surface area contributed by atoms with Crippen LogP contribution in [0.5, 0.6) is 0 Å². The lowest BCUT2D eigenvalue weighted by Gasteiger charge is -2.24. The van der Waals surface area contributed by atoms with Crippen LogP contribution >= 0.6 is 7.60 Å². The molecule has 1 aliphatic rings. The molecule has 4 N–H and O–H groups in total. The first-order valence-corrected chi connectivity index (χ1v) is 9.08. The van der Waals surface area contributed by atoms with Crippen LogP contribution < -0.4 is 5.73 Å². The average Bonchev–Trinajstić information content (AvgIpc) is 3.07. The van der Waals surface area contributed by atoms with Crippen LogP contribution in [0.15, 0.2) is 12.7 Å². The summed E-state index contributed by atoms with van der Waals surface area (Å²) in [5.41, 5.74) is 6.36. The number of imidazole rings is 1. The van der Waals surface area contributed by atoms with Gasteiger partial charge in [0, 0.05) is 13.8 Å². The second kappa shape index (κ2) is 6.03. The molecule has 2 unspecified atom stereocenters. The summed E-state index contributed by atoms with van der Waals surface area (Å²) in [6.07, 6.45) is 1.33. The number of aliphatic hydroxyl groups is 1. The van der Waals surface area contributed by atoms with Gasteiger partial charge in [-0.3, -0.25) is 9.13 Å².